The van der Waals surface area contributed by atoms with E-state index in [1.807, 2.05) is 13.8 Å². The molecule has 2 rings (SSSR count). The van der Waals surface area contributed by atoms with Crippen LogP contribution >= 0.6 is 0 Å². The third kappa shape index (κ3) is 7.42. The van der Waals surface area contributed by atoms with Crippen molar-refractivity contribution in [3.05, 3.63) is 0 Å². The van der Waals surface area contributed by atoms with Crippen LogP contribution in [0.5, 0.6) is 0 Å². The highest BCUT2D eigenvalue weighted by atomic mass is 16.5. The summed E-state index contributed by atoms with van der Waals surface area (Å²) in [5.41, 5.74) is -0.991. The molecule has 3 amide bonds. The van der Waals surface area contributed by atoms with E-state index < -0.39 is 17.6 Å². The van der Waals surface area contributed by atoms with E-state index in [9.17, 15) is 19.6 Å². The van der Waals surface area contributed by atoms with Crippen molar-refractivity contribution in [1.29, 1.82) is 0 Å². The molecule has 1 aliphatic carbocycles. The number of unbranched alkanes of at least 4 members (excludes halogenated alkanes) is 2. The minimum atomic E-state index is -0.991. The largest absolute Gasteiger partial charge is 0.378 e. The van der Waals surface area contributed by atoms with E-state index in [-0.39, 0.29) is 11.9 Å². The molecule has 3 N–H and O–H groups in total. The number of nitrogens with zero attached hydrogens (tertiary/aromatic N) is 2. The molecule has 2 aliphatic rings. The zero-order valence-electron chi connectivity index (χ0n) is 19.8. The number of ether oxygens (including phenoxy) is 1. The van der Waals surface area contributed by atoms with Crippen molar-refractivity contribution in [2.45, 2.75) is 95.7 Å². The predicted molar refractivity (Wildman–Crippen MR) is 121 cm³/mol. The number of carbonyl (C=O) groups is 3. The predicted octanol–water partition coefficient (Wildman–Crippen LogP) is 2.46. The number of rotatable bonds is 12. The van der Waals surface area contributed by atoms with E-state index in [1.54, 1.807) is 4.90 Å². The molecule has 1 saturated heterocycles. The van der Waals surface area contributed by atoms with E-state index >= 15 is 0 Å². The molecule has 1 aliphatic heterocycles. The topological polar surface area (TPSA) is 111 Å². The van der Waals surface area contributed by atoms with Crippen LogP contribution in [0.25, 0.3) is 0 Å². The van der Waals surface area contributed by atoms with Crippen LogP contribution in [0.3, 0.4) is 0 Å². The summed E-state index contributed by atoms with van der Waals surface area (Å²) in [6, 6.07) is -1.57. The smallest absolute Gasteiger partial charge is 0.318 e. The van der Waals surface area contributed by atoms with Gasteiger partial charge in [-0.25, -0.2) is 4.79 Å². The lowest BCUT2D eigenvalue weighted by Crippen LogP contribution is -2.65. The number of morpholine rings is 1. The molecule has 2 fully saturated rings. The van der Waals surface area contributed by atoms with Gasteiger partial charge in [0.05, 0.1) is 19.3 Å². The molecule has 184 valence electrons. The SMILES string of the molecule is CCCC[C@H](NC(=O)C1(NC(=O)N2CCOCC2)CCCCC1)[C@@H](C=O)N(O)CCCC. The molecule has 0 radical (unpaired) electrons. The maximum Gasteiger partial charge on any atom is 0.318 e. The maximum absolute atomic E-state index is 13.6. The van der Waals surface area contributed by atoms with Crippen molar-refractivity contribution in [3.63, 3.8) is 0 Å². The molecule has 0 spiro atoms. The molecular weight excluding hydrogens is 412 g/mol. The first-order valence-electron chi connectivity index (χ1n) is 12.3. The van der Waals surface area contributed by atoms with E-state index in [2.05, 4.69) is 10.6 Å². The summed E-state index contributed by atoms with van der Waals surface area (Å²) in [6.07, 6.45) is 8.58. The van der Waals surface area contributed by atoms with E-state index in [1.165, 1.54) is 0 Å². The Morgan fingerprint density at radius 2 is 1.78 bits per heavy atom. The summed E-state index contributed by atoms with van der Waals surface area (Å²) in [5.74, 6) is -0.254. The molecule has 1 saturated carbocycles. The van der Waals surface area contributed by atoms with Crippen LogP contribution in [0, 0.1) is 0 Å². The number of hydroxylamine groups is 2. The van der Waals surface area contributed by atoms with Crippen LogP contribution in [0.1, 0.15) is 78.1 Å². The minimum absolute atomic E-state index is 0.242. The van der Waals surface area contributed by atoms with Crippen LogP contribution in [0.15, 0.2) is 0 Å². The number of urea groups is 1. The van der Waals surface area contributed by atoms with E-state index in [0.717, 1.165) is 56.3 Å². The second-order valence-corrected chi connectivity index (χ2v) is 9.04. The van der Waals surface area contributed by atoms with Crippen LogP contribution in [-0.2, 0) is 14.3 Å². The number of carbonyl (C=O) groups excluding carboxylic acids is 3. The number of nitrogens with one attached hydrogen (secondary N) is 2. The van der Waals surface area contributed by atoms with Gasteiger partial charge >= 0.3 is 6.03 Å². The molecule has 2 atom stereocenters. The van der Waals surface area contributed by atoms with Gasteiger partial charge in [0.15, 0.2) is 0 Å². The molecular formula is C23H42N4O5. The molecule has 0 unspecified atom stereocenters. The van der Waals surface area contributed by atoms with Crippen LogP contribution in [-0.4, -0.2) is 83.9 Å². The Labute approximate surface area is 192 Å². The Bertz CT molecular complexity index is 591. The van der Waals surface area contributed by atoms with Crippen molar-refractivity contribution < 1.29 is 24.3 Å². The molecule has 1 heterocycles. The fourth-order valence-electron chi connectivity index (χ4n) is 4.52. The van der Waals surface area contributed by atoms with Crippen molar-refractivity contribution in [2.75, 3.05) is 32.8 Å². The van der Waals surface area contributed by atoms with E-state index in [0.29, 0.717) is 52.1 Å². The van der Waals surface area contributed by atoms with Gasteiger partial charge in [0, 0.05) is 19.6 Å². The second kappa shape index (κ2) is 13.7. The van der Waals surface area contributed by atoms with Gasteiger partial charge in [-0.15, -0.1) is 0 Å². The molecule has 0 aromatic heterocycles. The van der Waals surface area contributed by atoms with Crippen molar-refractivity contribution in [2.24, 2.45) is 0 Å². The molecule has 32 heavy (non-hydrogen) atoms. The molecule has 9 nitrogen and oxygen atoms in total. The average Bonchev–Trinajstić information content (AvgIpc) is 2.82. The van der Waals surface area contributed by atoms with Crippen LogP contribution < -0.4 is 10.6 Å². The summed E-state index contributed by atoms with van der Waals surface area (Å²) < 4.78 is 5.33. The average molecular weight is 455 g/mol. The van der Waals surface area contributed by atoms with Gasteiger partial charge in [-0.05, 0) is 25.7 Å². The summed E-state index contributed by atoms with van der Waals surface area (Å²) in [7, 11) is 0. The van der Waals surface area contributed by atoms with Gasteiger partial charge in [0.25, 0.3) is 0 Å². The highest BCUT2D eigenvalue weighted by molar-refractivity contribution is 5.91. The Morgan fingerprint density at radius 3 is 2.38 bits per heavy atom. The zero-order chi connectivity index (χ0) is 23.4. The Kier molecular flexibility index (Phi) is 11.4. The van der Waals surface area contributed by atoms with E-state index in [4.69, 9.17) is 4.74 Å². The number of amides is 3. The fourth-order valence-corrected chi connectivity index (χ4v) is 4.52. The summed E-state index contributed by atoms with van der Waals surface area (Å²) in [6.45, 7) is 6.45. The Balaban J connectivity index is 2.15. The number of hydrogen-bond donors (Lipinski definition) is 3. The third-order valence-corrected chi connectivity index (χ3v) is 6.61. The maximum atomic E-state index is 13.6. The highest BCUT2D eigenvalue weighted by Gasteiger charge is 2.43. The minimum Gasteiger partial charge on any atom is -0.378 e. The van der Waals surface area contributed by atoms with Gasteiger partial charge in [0.2, 0.25) is 5.91 Å². The summed E-state index contributed by atoms with van der Waals surface area (Å²) >= 11 is 0. The first-order chi connectivity index (χ1) is 15.5. The van der Waals surface area contributed by atoms with Crippen LogP contribution in [0.2, 0.25) is 0 Å². The van der Waals surface area contributed by atoms with Crippen molar-refractivity contribution in [3.8, 4) is 0 Å². The van der Waals surface area contributed by atoms with Crippen molar-refractivity contribution in [1.82, 2.24) is 20.6 Å². The first-order valence-corrected chi connectivity index (χ1v) is 12.3. The first kappa shape index (κ1) is 26.5. The lowest BCUT2D eigenvalue weighted by molar-refractivity contribution is -0.151. The molecule has 9 heteroatoms. The lowest BCUT2D eigenvalue weighted by Gasteiger charge is -2.40. The van der Waals surface area contributed by atoms with Gasteiger partial charge in [-0.1, -0.05) is 52.4 Å². The Hall–Kier alpha value is -1.71. The molecule has 0 aromatic carbocycles. The van der Waals surface area contributed by atoms with Crippen molar-refractivity contribution >= 4 is 18.2 Å². The summed E-state index contributed by atoms with van der Waals surface area (Å²) in [5, 5.41) is 17.6. The number of hydrogen-bond acceptors (Lipinski definition) is 6. The molecule has 0 bridgehead atoms. The molecule has 0 aromatic rings. The van der Waals surface area contributed by atoms with Gasteiger partial charge < -0.3 is 30.3 Å². The normalized spacial score (nSPS) is 20.4. The third-order valence-electron chi connectivity index (χ3n) is 6.61. The zero-order valence-corrected chi connectivity index (χ0v) is 19.8. The van der Waals surface area contributed by atoms with Gasteiger partial charge in [0.1, 0.15) is 17.9 Å². The Morgan fingerprint density at radius 1 is 1.12 bits per heavy atom. The standard InChI is InChI=1S/C23H42N4O5/c1-3-5-10-19(20(18-28)27(31)13-6-4-2)24-21(29)23(11-8-7-9-12-23)25-22(30)26-14-16-32-17-15-26/h18-20,31H,3-17H2,1-2H3,(H,24,29)(H,25,30)/t19-,20+/m0/s1. The highest BCUT2D eigenvalue weighted by Crippen LogP contribution is 2.29. The fraction of sp³-hybridized carbons (Fsp3) is 0.870. The number of aldehydes is 1. The lowest BCUT2D eigenvalue weighted by atomic mass is 9.80. The monoisotopic (exact) mass is 454 g/mol. The summed E-state index contributed by atoms with van der Waals surface area (Å²) in [4.78, 5) is 40.1. The van der Waals surface area contributed by atoms with Gasteiger partial charge in [-0.2, -0.15) is 5.06 Å². The van der Waals surface area contributed by atoms with Crippen LogP contribution in [0.4, 0.5) is 4.79 Å². The quantitative estimate of drug-likeness (QED) is 0.309. The van der Waals surface area contributed by atoms with Gasteiger partial charge in [-0.3, -0.25) is 4.79 Å². The second-order valence-electron chi connectivity index (χ2n) is 9.04.